The van der Waals surface area contributed by atoms with E-state index in [9.17, 15) is 9.00 Å². The van der Waals surface area contributed by atoms with Crippen molar-refractivity contribution in [2.24, 2.45) is 5.92 Å². The third-order valence-corrected chi connectivity index (χ3v) is 4.98. The Morgan fingerprint density at radius 2 is 2.26 bits per heavy atom. The van der Waals surface area contributed by atoms with Crippen LogP contribution < -0.4 is 5.32 Å². The first-order valence-electron chi connectivity index (χ1n) is 6.40. The standard InChI is InChI=1S/C13H20N2O2S2/c1-9(2)11-13(16)15(6-8-19(3)17)12(14-11)10-5-4-7-18-10/h4-5,7,9,11-12,14H,6,8H2,1-3H3. The molecule has 2 heterocycles. The highest BCUT2D eigenvalue weighted by molar-refractivity contribution is 7.84. The molecule has 6 heteroatoms. The molecule has 1 saturated heterocycles. The van der Waals surface area contributed by atoms with Crippen molar-refractivity contribution in [2.45, 2.75) is 26.1 Å². The number of hydrogen-bond donors (Lipinski definition) is 1. The van der Waals surface area contributed by atoms with Crippen LogP contribution in [0.4, 0.5) is 0 Å². The predicted octanol–water partition coefficient (Wildman–Crippen LogP) is 1.58. The van der Waals surface area contributed by atoms with Crippen molar-refractivity contribution in [2.75, 3.05) is 18.6 Å². The summed E-state index contributed by atoms with van der Waals surface area (Å²) in [4.78, 5) is 15.4. The molecule has 0 spiro atoms. The SMILES string of the molecule is CC(C)C1NC(c2cccs2)N(CCS(C)=O)C1=O. The lowest BCUT2D eigenvalue weighted by Crippen LogP contribution is -2.36. The molecule has 0 radical (unpaired) electrons. The molecule has 1 aromatic rings. The highest BCUT2D eigenvalue weighted by Crippen LogP contribution is 2.30. The van der Waals surface area contributed by atoms with Gasteiger partial charge in [-0.2, -0.15) is 0 Å². The van der Waals surface area contributed by atoms with Gasteiger partial charge in [0, 0.05) is 34.2 Å². The van der Waals surface area contributed by atoms with Gasteiger partial charge in [-0.05, 0) is 17.4 Å². The Kier molecular flexibility index (Phi) is 4.76. The van der Waals surface area contributed by atoms with E-state index in [1.54, 1.807) is 17.6 Å². The van der Waals surface area contributed by atoms with Gasteiger partial charge in [0.1, 0.15) is 6.17 Å². The summed E-state index contributed by atoms with van der Waals surface area (Å²) in [6.45, 7) is 4.63. The largest absolute Gasteiger partial charge is 0.320 e. The first kappa shape index (κ1) is 14.7. The van der Waals surface area contributed by atoms with Crippen LogP contribution in [-0.2, 0) is 15.6 Å². The summed E-state index contributed by atoms with van der Waals surface area (Å²) >= 11 is 1.64. The first-order chi connectivity index (χ1) is 9.00. The lowest BCUT2D eigenvalue weighted by Gasteiger charge is -2.22. The zero-order valence-electron chi connectivity index (χ0n) is 11.5. The summed E-state index contributed by atoms with van der Waals surface area (Å²) in [5.41, 5.74) is 0. The van der Waals surface area contributed by atoms with Gasteiger partial charge in [-0.3, -0.25) is 14.3 Å². The van der Waals surface area contributed by atoms with Crippen LogP contribution in [0.3, 0.4) is 0 Å². The molecule has 1 amide bonds. The summed E-state index contributed by atoms with van der Waals surface area (Å²) in [5, 5.41) is 5.42. The molecule has 19 heavy (non-hydrogen) atoms. The van der Waals surface area contributed by atoms with Gasteiger partial charge in [0.05, 0.1) is 6.04 Å². The molecule has 106 valence electrons. The maximum absolute atomic E-state index is 12.4. The van der Waals surface area contributed by atoms with Gasteiger partial charge in [-0.25, -0.2) is 0 Å². The molecule has 0 aromatic carbocycles. The van der Waals surface area contributed by atoms with Gasteiger partial charge < -0.3 is 4.90 Å². The summed E-state index contributed by atoms with van der Waals surface area (Å²) in [6.07, 6.45) is 1.61. The van der Waals surface area contributed by atoms with Crippen LogP contribution in [0.25, 0.3) is 0 Å². The maximum Gasteiger partial charge on any atom is 0.241 e. The molecule has 3 unspecified atom stereocenters. The Labute approximate surface area is 120 Å². The van der Waals surface area contributed by atoms with E-state index in [0.29, 0.717) is 12.3 Å². The van der Waals surface area contributed by atoms with Crippen molar-refractivity contribution in [3.8, 4) is 0 Å². The molecule has 2 rings (SSSR count). The number of rotatable bonds is 5. The molecule has 1 aromatic heterocycles. The number of nitrogens with zero attached hydrogens (tertiary/aromatic N) is 1. The summed E-state index contributed by atoms with van der Waals surface area (Å²) in [5.74, 6) is 0.908. The molecular formula is C13H20N2O2S2. The lowest BCUT2D eigenvalue weighted by atomic mass is 10.1. The third-order valence-electron chi connectivity index (χ3n) is 3.30. The Morgan fingerprint density at radius 1 is 1.53 bits per heavy atom. The van der Waals surface area contributed by atoms with E-state index in [-0.39, 0.29) is 24.0 Å². The van der Waals surface area contributed by atoms with Crippen LogP contribution in [0, 0.1) is 5.92 Å². The monoisotopic (exact) mass is 300 g/mol. The van der Waals surface area contributed by atoms with Crippen molar-refractivity contribution in [3.05, 3.63) is 22.4 Å². The molecule has 1 N–H and O–H groups in total. The van der Waals surface area contributed by atoms with E-state index >= 15 is 0 Å². The molecule has 1 fully saturated rings. The zero-order valence-corrected chi connectivity index (χ0v) is 13.1. The molecular weight excluding hydrogens is 280 g/mol. The van der Waals surface area contributed by atoms with E-state index in [0.717, 1.165) is 4.88 Å². The number of hydrogen-bond acceptors (Lipinski definition) is 4. The van der Waals surface area contributed by atoms with E-state index in [4.69, 9.17) is 0 Å². The minimum Gasteiger partial charge on any atom is -0.320 e. The molecule has 0 saturated carbocycles. The lowest BCUT2D eigenvalue weighted by molar-refractivity contribution is -0.130. The van der Waals surface area contributed by atoms with Crippen LogP contribution in [0.5, 0.6) is 0 Å². The second-order valence-electron chi connectivity index (χ2n) is 5.12. The van der Waals surface area contributed by atoms with Crippen LogP contribution in [-0.4, -0.2) is 39.6 Å². The topological polar surface area (TPSA) is 49.4 Å². The summed E-state index contributed by atoms with van der Waals surface area (Å²) in [7, 11) is -0.878. The highest BCUT2D eigenvalue weighted by Gasteiger charge is 2.41. The fraction of sp³-hybridized carbons (Fsp3) is 0.615. The van der Waals surface area contributed by atoms with Crippen LogP contribution in [0.2, 0.25) is 0 Å². The van der Waals surface area contributed by atoms with E-state index in [1.807, 2.05) is 36.3 Å². The van der Waals surface area contributed by atoms with Crippen molar-refractivity contribution in [1.29, 1.82) is 0 Å². The number of nitrogens with one attached hydrogen (secondary N) is 1. The quantitative estimate of drug-likeness (QED) is 0.898. The summed E-state index contributed by atoms with van der Waals surface area (Å²) < 4.78 is 11.3. The van der Waals surface area contributed by atoms with Gasteiger partial charge in [0.2, 0.25) is 5.91 Å². The van der Waals surface area contributed by atoms with E-state index < -0.39 is 10.8 Å². The number of carbonyl (C=O) groups excluding carboxylic acids is 1. The fourth-order valence-corrected chi connectivity index (χ4v) is 3.51. The highest BCUT2D eigenvalue weighted by atomic mass is 32.2. The van der Waals surface area contributed by atoms with Crippen molar-refractivity contribution >= 4 is 28.0 Å². The number of thiophene rings is 1. The minimum absolute atomic E-state index is 0.0662. The molecule has 3 atom stereocenters. The van der Waals surface area contributed by atoms with Crippen molar-refractivity contribution < 1.29 is 9.00 Å². The first-order valence-corrected chi connectivity index (χ1v) is 9.01. The number of carbonyl (C=O) groups is 1. The Hall–Kier alpha value is -0.720. The predicted molar refractivity (Wildman–Crippen MR) is 79.5 cm³/mol. The van der Waals surface area contributed by atoms with Gasteiger partial charge in [-0.15, -0.1) is 11.3 Å². The molecule has 1 aliphatic heterocycles. The molecule has 0 bridgehead atoms. The third kappa shape index (κ3) is 3.24. The normalized spacial score (nSPS) is 25.3. The van der Waals surface area contributed by atoms with Crippen molar-refractivity contribution in [1.82, 2.24) is 10.2 Å². The van der Waals surface area contributed by atoms with Crippen LogP contribution >= 0.6 is 11.3 Å². The van der Waals surface area contributed by atoms with E-state index in [2.05, 4.69) is 5.32 Å². The minimum atomic E-state index is -0.878. The van der Waals surface area contributed by atoms with Crippen LogP contribution in [0.1, 0.15) is 24.9 Å². The van der Waals surface area contributed by atoms with Gasteiger partial charge >= 0.3 is 0 Å². The maximum atomic E-state index is 12.4. The van der Waals surface area contributed by atoms with Gasteiger partial charge in [-0.1, -0.05) is 19.9 Å². The average molecular weight is 300 g/mol. The van der Waals surface area contributed by atoms with Crippen LogP contribution in [0.15, 0.2) is 17.5 Å². The Morgan fingerprint density at radius 3 is 2.79 bits per heavy atom. The van der Waals surface area contributed by atoms with E-state index in [1.165, 1.54) is 0 Å². The second kappa shape index (κ2) is 6.15. The molecule has 4 nitrogen and oxygen atoms in total. The second-order valence-corrected chi connectivity index (χ2v) is 7.65. The van der Waals surface area contributed by atoms with Crippen molar-refractivity contribution in [3.63, 3.8) is 0 Å². The molecule has 1 aliphatic rings. The zero-order chi connectivity index (χ0) is 14.0. The smallest absolute Gasteiger partial charge is 0.241 e. The summed E-state index contributed by atoms with van der Waals surface area (Å²) in [6, 6.07) is 3.89. The Bertz CT molecular complexity index is 459. The van der Waals surface area contributed by atoms with Gasteiger partial charge in [0.15, 0.2) is 0 Å². The number of amides is 1. The van der Waals surface area contributed by atoms with Gasteiger partial charge in [0.25, 0.3) is 0 Å². The molecule has 0 aliphatic carbocycles. The Balaban J connectivity index is 2.19. The average Bonchev–Trinajstić information content (AvgIpc) is 2.93. The fourth-order valence-electron chi connectivity index (χ4n) is 2.26.